The normalized spacial score (nSPS) is 13.3. The van der Waals surface area contributed by atoms with Crippen LogP contribution < -0.4 is 5.32 Å². The minimum atomic E-state index is -1.19. The van der Waals surface area contributed by atoms with Gasteiger partial charge in [0.1, 0.15) is 24.3 Å². The van der Waals surface area contributed by atoms with Crippen LogP contribution in [0.1, 0.15) is 23.1 Å². The van der Waals surface area contributed by atoms with E-state index >= 15 is 0 Å². The van der Waals surface area contributed by atoms with Crippen LogP contribution in [0.3, 0.4) is 0 Å². The maximum absolute atomic E-state index is 11.7. The Morgan fingerprint density at radius 3 is 2.77 bits per heavy atom. The van der Waals surface area contributed by atoms with Gasteiger partial charge in [-0.05, 0) is 23.3 Å². The van der Waals surface area contributed by atoms with Crippen molar-refractivity contribution < 1.29 is 24.2 Å². The van der Waals surface area contributed by atoms with E-state index in [9.17, 15) is 15.0 Å². The van der Waals surface area contributed by atoms with Gasteiger partial charge in [-0.15, -0.1) is 0 Å². The molecule has 2 aromatic carbocycles. The topological polar surface area (TPSA) is 105 Å². The summed E-state index contributed by atoms with van der Waals surface area (Å²) in [5.74, 6) is 0.523. The van der Waals surface area contributed by atoms with Crippen LogP contribution in [0.15, 0.2) is 52.9 Å². The molecule has 3 N–H and O–H groups in total. The minimum absolute atomic E-state index is 0.132. The van der Waals surface area contributed by atoms with Crippen molar-refractivity contribution in [3.8, 4) is 0 Å². The molecule has 2 unspecified atom stereocenters. The van der Waals surface area contributed by atoms with Crippen molar-refractivity contribution in [2.75, 3.05) is 6.54 Å². The number of amides is 1. The second-order valence-electron chi connectivity index (χ2n) is 5.91. The van der Waals surface area contributed by atoms with Crippen molar-refractivity contribution in [2.24, 2.45) is 0 Å². The molecule has 0 bridgehead atoms. The second-order valence-corrected chi connectivity index (χ2v) is 5.91. The lowest BCUT2D eigenvalue weighted by atomic mass is 10.0. The first-order chi connectivity index (χ1) is 12.5. The molecule has 0 saturated carbocycles. The third-order valence-electron chi connectivity index (χ3n) is 3.89. The predicted octanol–water partition coefficient (Wildman–Crippen LogP) is 2.46. The zero-order valence-electron chi connectivity index (χ0n) is 14.3. The Balaban J connectivity index is 1.51. The summed E-state index contributed by atoms with van der Waals surface area (Å²) in [4.78, 5) is 15.9. The van der Waals surface area contributed by atoms with Gasteiger partial charge in [0.25, 0.3) is 0 Å². The molecule has 0 aliphatic rings. The van der Waals surface area contributed by atoms with Gasteiger partial charge >= 0.3 is 6.09 Å². The van der Waals surface area contributed by atoms with E-state index in [4.69, 9.17) is 9.15 Å². The Morgan fingerprint density at radius 2 is 2.00 bits per heavy atom. The van der Waals surface area contributed by atoms with E-state index < -0.39 is 18.3 Å². The van der Waals surface area contributed by atoms with Crippen molar-refractivity contribution in [3.05, 3.63) is 65.5 Å². The predicted molar refractivity (Wildman–Crippen MR) is 94.3 cm³/mol. The van der Waals surface area contributed by atoms with Gasteiger partial charge in [-0.1, -0.05) is 36.4 Å². The second kappa shape index (κ2) is 7.99. The molecule has 1 heterocycles. The molecule has 1 aromatic heterocycles. The molecule has 0 aliphatic heterocycles. The van der Waals surface area contributed by atoms with E-state index in [1.165, 1.54) is 0 Å². The first-order valence-electron chi connectivity index (χ1n) is 8.20. The Kier molecular flexibility index (Phi) is 5.50. The molecule has 0 spiro atoms. The third kappa shape index (κ3) is 4.38. The van der Waals surface area contributed by atoms with E-state index in [0.717, 1.165) is 5.56 Å². The molecule has 0 aliphatic carbocycles. The van der Waals surface area contributed by atoms with Gasteiger partial charge < -0.3 is 24.7 Å². The highest BCUT2D eigenvalue weighted by Crippen LogP contribution is 2.22. The molecular formula is C19H20N2O5. The van der Waals surface area contributed by atoms with Gasteiger partial charge in [-0.2, -0.15) is 0 Å². The zero-order chi connectivity index (χ0) is 18.5. The number of nitrogens with one attached hydrogen (secondary N) is 1. The number of aliphatic hydroxyl groups excluding tert-OH is 2. The molecule has 1 amide bonds. The van der Waals surface area contributed by atoms with Crippen LogP contribution in [-0.4, -0.2) is 33.9 Å². The Bertz CT molecular complexity index is 878. The van der Waals surface area contributed by atoms with E-state index in [1.807, 2.05) is 30.3 Å². The van der Waals surface area contributed by atoms with Crippen LogP contribution in [0.4, 0.5) is 4.79 Å². The van der Waals surface area contributed by atoms with E-state index in [2.05, 4.69) is 10.3 Å². The van der Waals surface area contributed by atoms with Crippen molar-refractivity contribution in [2.45, 2.75) is 25.7 Å². The van der Waals surface area contributed by atoms with Crippen molar-refractivity contribution in [3.63, 3.8) is 0 Å². The Labute approximate surface area is 150 Å². The molecule has 0 saturated heterocycles. The molecule has 2 atom stereocenters. The highest BCUT2D eigenvalue weighted by molar-refractivity contribution is 5.73. The number of hydrogen-bond donors (Lipinski definition) is 3. The van der Waals surface area contributed by atoms with Gasteiger partial charge in [0.15, 0.2) is 11.5 Å². The number of carbonyl (C=O) groups is 1. The molecule has 26 heavy (non-hydrogen) atoms. The van der Waals surface area contributed by atoms with Gasteiger partial charge in [-0.25, -0.2) is 9.78 Å². The fourth-order valence-corrected chi connectivity index (χ4v) is 2.54. The van der Waals surface area contributed by atoms with Gasteiger partial charge in [0.2, 0.25) is 0 Å². The van der Waals surface area contributed by atoms with Crippen LogP contribution in [0.25, 0.3) is 11.1 Å². The quantitative estimate of drug-likeness (QED) is 0.627. The fraction of sp³-hybridized carbons (Fsp3) is 0.263. The number of benzene rings is 2. The van der Waals surface area contributed by atoms with Crippen LogP contribution in [0.5, 0.6) is 0 Å². The lowest BCUT2D eigenvalue weighted by Gasteiger charge is -2.18. The van der Waals surface area contributed by atoms with Crippen molar-refractivity contribution in [1.29, 1.82) is 0 Å². The number of aromatic nitrogens is 1. The van der Waals surface area contributed by atoms with E-state index in [1.54, 1.807) is 25.1 Å². The molecule has 7 nitrogen and oxygen atoms in total. The number of hydrogen-bond acceptors (Lipinski definition) is 6. The zero-order valence-corrected chi connectivity index (χ0v) is 14.3. The largest absolute Gasteiger partial charge is 0.445 e. The number of aliphatic hydroxyl groups is 2. The molecular weight excluding hydrogens is 336 g/mol. The van der Waals surface area contributed by atoms with Crippen molar-refractivity contribution >= 4 is 17.2 Å². The first kappa shape index (κ1) is 17.9. The summed E-state index contributed by atoms with van der Waals surface area (Å²) < 4.78 is 10.4. The number of aryl methyl sites for hydroxylation is 1. The van der Waals surface area contributed by atoms with Gasteiger partial charge in [0.05, 0.1) is 0 Å². The van der Waals surface area contributed by atoms with E-state index in [-0.39, 0.29) is 13.2 Å². The maximum Gasteiger partial charge on any atom is 0.407 e. The molecule has 3 rings (SSSR count). The summed E-state index contributed by atoms with van der Waals surface area (Å²) in [6.45, 7) is 1.72. The molecule has 0 fully saturated rings. The number of oxazole rings is 1. The lowest BCUT2D eigenvalue weighted by Crippen LogP contribution is -2.35. The summed E-state index contributed by atoms with van der Waals surface area (Å²) >= 11 is 0. The number of alkyl carbamates (subject to hydrolysis) is 1. The molecule has 7 heteroatoms. The van der Waals surface area contributed by atoms with Crippen LogP contribution in [-0.2, 0) is 11.3 Å². The number of ether oxygens (including phenoxy) is 1. The minimum Gasteiger partial charge on any atom is -0.445 e. The number of carbonyl (C=O) groups excluding carboxylic acids is 1. The summed E-state index contributed by atoms with van der Waals surface area (Å²) in [6.07, 6.45) is -3.03. The summed E-state index contributed by atoms with van der Waals surface area (Å²) in [6, 6.07) is 14.2. The van der Waals surface area contributed by atoms with E-state index in [0.29, 0.717) is 22.6 Å². The van der Waals surface area contributed by atoms with Gasteiger partial charge in [0, 0.05) is 13.5 Å². The van der Waals surface area contributed by atoms with Gasteiger partial charge in [-0.3, -0.25) is 0 Å². The highest BCUT2D eigenvalue weighted by Gasteiger charge is 2.20. The third-order valence-corrected chi connectivity index (χ3v) is 3.89. The average molecular weight is 356 g/mol. The lowest BCUT2D eigenvalue weighted by molar-refractivity contribution is 0.0184. The van der Waals surface area contributed by atoms with Crippen molar-refractivity contribution in [1.82, 2.24) is 10.3 Å². The Morgan fingerprint density at radius 1 is 1.23 bits per heavy atom. The summed E-state index contributed by atoms with van der Waals surface area (Å²) in [5.41, 5.74) is 2.55. The molecule has 3 aromatic rings. The number of rotatable bonds is 6. The fourth-order valence-electron chi connectivity index (χ4n) is 2.54. The first-order valence-corrected chi connectivity index (χ1v) is 8.20. The summed E-state index contributed by atoms with van der Waals surface area (Å²) in [5, 5.41) is 22.8. The van der Waals surface area contributed by atoms with Crippen LogP contribution in [0.2, 0.25) is 0 Å². The Hall–Kier alpha value is -2.90. The highest BCUT2D eigenvalue weighted by atomic mass is 16.5. The van der Waals surface area contributed by atoms with Crippen LogP contribution in [0, 0.1) is 6.92 Å². The maximum atomic E-state index is 11.7. The SMILES string of the molecule is Cc1nc2cc(C(O)C(O)CNC(=O)OCc3ccccc3)ccc2o1. The number of nitrogens with zero attached hydrogens (tertiary/aromatic N) is 1. The average Bonchev–Trinajstić information content (AvgIpc) is 3.03. The van der Waals surface area contributed by atoms with Crippen LogP contribution >= 0.6 is 0 Å². The smallest absolute Gasteiger partial charge is 0.407 e. The summed E-state index contributed by atoms with van der Waals surface area (Å²) in [7, 11) is 0. The molecule has 0 radical (unpaired) electrons. The standard InChI is InChI=1S/C19H20N2O5/c1-12-21-15-9-14(7-8-17(15)26-12)18(23)16(22)10-20-19(24)25-11-13-5-3-2-4-6-13/h2-9,16,18,22-23H,10-11H2,1H3,(H,20,24). The monoisotopic (exact) mass is 356 g/mol. The molecule has 136 valence electrons. The number of fused-ring (bicyclic) bond motifs is 1.